The third kappa shape index (κ3) is 6.60. The highest BCUT2D eigenvalue weighted by Gasteiger charge is 2.26. The summed E-state index contributed by atoms with van der Waals surface area (Å²) in [5, 5.41) is 10.8. The number of carboxylic acid groups (broad SMARTS) is 1. The van der Waals surface area contributed by atoms with E-state index in [1.807, 2.05) is 0 Å². The largest absolute Gasteiger partial charge is 0.478 e. The number of nitrogens with one attached hydrogen (secondary N) is 1. The van der Waals surface area contributed by atoms with Crippen molar-refractivity contribution in [3.8, 4) is 0 Å². The van der Waals surface area contributed by atoms with Gasteiger partial charge in [-0.25, -0.2) is 4.79 Å². The van der Waals surface area contributed by atoms with Crippen LogP contribution < -0.4 is 5.32 Å². The number of hydrogen-bond donors (Lipinski definition) is 2. The fourth-order valence-corrected chi connectivity index (χ4v) is 0.954. The van der Waals surface area contributed by atoms with Crippen LogP contribution in [0, 0.1) is 0 Å². The van der Waals surface area contributed by atoms with Gasteiger partial charge in [0.1, 0.15) is 0 Å². The van der Waals surface area contributed by atoms with Gasteiger partial charge in [0.25, 0.3) is 0 Å². The molecule has 0 aromatic carbocycles. The van der Waals surface area contributed by atoms with Gasteiger partial charge >= 0.3 is 12.1 Å². The van der Waals surface area contributed by atoms with Gasteiger partial charge in [-0.2, -0.15) is 13.2 Å². The van der Waals surface area contributed by atoms with E-state index in [0.29, 0.717) is 0 Å². The summed E-state index contributed by atoms with van der Waals surface area (Å²) in [6.07, 6.45) is -5.45. The molecular weight excluding hydrogens is 239 g/mol. The van der Waals surface area contributed by atoms with Gasteiger partial charge < -0.3 is 10.4 Å². The second-order valence-electron chi connectivity index (χ2n) is 3.53. The molecule has 1 amide bonds. The predicted molar refractivity (Wildman–Crippen MR) is 54.3 cm³/mol. The highest BCUT2D eigenvalue weighted by Crippen LogP contribution is 2.20. The van der Waals surface area contributed by atoms with Gasteiger partial charge in [0.05, 0.1) is 0 Å². The number of halogens is 3. The molecule has 0 aromatic rings. The Morgan fingerprint density at radius 3 is 2.12 bits per heavy atom. The Kier molecular flexibility index (Phi) is 5.70. The van der Waals surface area contributed by atoms with E-state index >= 15 is 0 Å². The van der Waals surface area contributed by atoms with Crippen molar-refractivity contribution in [2.24, 2.45) is 0 Å². The molecule has 0 atom stereocenters. The molecule has 0 aliphatic heterocycles. The fraction of sp³-hybridized carbons (Fsp3) is 0.600. The van der Waals surface area contributed by atoms with Crippen LogP contribution in [-0.2, 0) is 9.59 Å². The van der Waals surface area contributed by atoms with Gasteiger partial charge in [-0.3, -0.25) is 4.79 Å². The molecule has 0 saturated heterocycles. The van der Waals surface area contributed by atoms with Crippen LogP contribution >= 0.6 is 0 Å². The summed E-state index contributed by atoms with van der Waals surface area (Å²) in [5.41, 5.74) is -0.136. The van der Waals surface area contributed by atoms with Crippen molar-refractivity contribution in [2.75, 3.05) is 6.54 Å². The Hall–Kier alpha value is -1.53. The third-order valence-electron chi connectivity index (χ3n) is 2.15. The maximum absolute atomic E-state index is 11.8. The van der Waals surface area contributed by atoms with E-state index in [-0.39, 0.29) is 24.1 Å². The summed E-state index contributed by atoms with van der Waals surface area (Å²) >= 11 is 0. The average molecular weight is 253 g/mol. The van der Waals surface area contributed by atoms with Crippen LogP contribution in [0.3, 0.4) is 0 Å². The van der Waals surface area contributed by atoms with Gasteiger partial charge in [0.2, 0.25) is 5.91 Å². The second kappa shape index (κ2) is 6.27. The molecule has 2 N–H and O–H groups in total. The number of rotatable bonds is 5. The SMILES string of the molecule is CC(C(=O)O)=C(C)C(=O)NCCCC(F)(F)F. The fourth-order valence-electron chi connectivity index (χ4n) is 0.954. The quantitative estimate of drug-likeness (QED) is 0.580. The van der Waals surface area contributed by atoms with Gasteiger partial charge in [-0.1, -0.05) is 0 Å². The molecule has 7 heteroatoms. The molecule has 0 heterocycles. The molecule has 0 aromatic heterocycles. The second-order valence-corrected chi connectivity index (χ2v) is 3.53. The summed E-state index contributed by atoms with van der Waals surface area (Å²) in [7, 11) is 0. The minimum Gasteiger partial charge on any atom is -0.478 e. The van der Waals surface area contributed by atoms with E-state index in [2.05, 4.69) is 5.32 Å². The van der Waals surface area contributed by atoms with Crippen molar-refractivity contribution in [3.63, 3.8) is 0 Å². The highest BCUT2D eigenvalue weighted by molar-refractivity contribution is 6.01. The van der Waals surface area contributed by atoms with Crippen LogP contribution in [0.1, 0.15) is 26.7 Å². The first-order valence-corrected chi connectivity index (χ1v) is 4.91. The molecular formula is C10H14F3NO3. The average Bonchev–Trinajstić information content (AvgIpc) is 2.20. The Labute approximate surface area is 96.5 Å². The highest BCUT2D eigenvalue weighted by atomic mass is 19.4. The van der Waals surface area contributed by atoms with Crippen molar-refractivity contribution >= 4 is 11.9 Å². The van der Waals surface area contributed by atoms with Crippen LogP contribution in [0.5, 0.6) is 0 Å². The summed E-state index contributed by atoms with van der Waals surface area (Å²) in [6, 6.07) is 0. The lowest BCUT2D eigenvalue weighted by molar-refractivity contribution is -0.136. The zero-order valence-corrected chi connectivity index (χ0v) is 9.52. The molecule has 0 rings (SSSR count). The first-order chi connectivity index (χ1) is 7.65. The van der Waals surface area contributed by atoms with Crippen LogP contribution in [0.2, 0.25) is 0 Å². The zero-order chi connectivity index (χ0) is 13.6. The summed E-state index contributed by atoms with van der Waals surface area (Å²) in [5.74, 6) is -1.89. The van der Waals surface area contributed by atoms with Crippen molar-refractivity contribution < 1.29 is 27.9 Å². The summed E-state index contributed by atoms with van der Waals surface area (Å²) < 4.78 is 35.3. The smallest absolute Gasteiger partial charge is 0.389 e. The topological polar surface area (TPSA) is 66.4 Å². The number of carbonyl (C=O) groups excluding carboxylic acids is 1. The Bertz CT molecular complexity index is 334. The van der Waals surface area contributed by atoms with Crippen LogP contribution in [0.15, 0.2) is 11.1 Å². The number of aliphatic carboxylic acids is 1. The maximum atomic E-state index is 11.8. The lowest BCUT2D eigenvalue weighted by Gasteiger charge is -2.08. The number of hydrogen-bond acceptors (Lipinski definition) is 2. The maximum Gasteiger partial charge on any atom is 0.389 e. The first-order valence-electron chi connectivity index (χ1n) is 4.91. The molecule has 0 aliphatic carbocycles. The first kappa shape index (κ1) is 15.5. The minimum absolute atomic E-state index is 0.00971. The molecule has 0 radical (unpaired) electrons. The third-order valence-corrected chi connectivity index (χ3v) is 2.15. The zero-order valence-electron chi connectivity index (χ0n) is 9.52. The van der Waals surface area contributed by atoms with Crippen molar-refractivity contribution in [2.45, 2.75) is 32.9 Å². The number of carbonyl (C=O) groups is 2. The van der Waals surface area contributed by atoms with Crippen LogP contribution in [0.4, 0.5) is 13.2 Å². The number of carboxylic acids is 1. The summed E-state index contributed by atoms with van der Waals surface area (Å²) in [6.45, 7) is 2.43. The minimum atomic E-state index is -4.24. The van der Waals surface area contributed by atoms with E-state index in [9.17, 15) is 22.8 Å². The van der Waals surface area contributed by atoms with E-state index in [0.717, 1.165) is 0 Å². The van der Waals surface area contributed by atoms with Gasteiger partial charge in [-0.05, 0) is 20.3 Å². The lowest BCUT2D eigenvalue weighted by atomic mass is 10.1. The van der Waals surface area contributed by atoms with Crippen LogP contribution in [0.25, 0.3) is 0 Å². The molecule has 0 bridgehead atoms. The van der Waals surface area contributed by atoms with Gasteiger partial charge in [0.15, 0.2) is 0 Å². The van der Waals surface area contributed by atoms with Gasteiger partial charge in [-0.15, -0.1) is 0 Å². The monoisotopic (exact) mass is 253 g/mol. The molecule has 98 valence electrons. The van der Waals surface area contributed by atoms with Crippen molar-refractivity contribution in [3.05, 3.63) is 11.1 Å². The molecule has 17 heavy (non-hydrogen) atoms. The van der Waals surface area contributed by atoms with Crippen molar-refractivity contribution in [1.29, 1.82) is 0 Å². The Morgan fingerprint density at radius 2 is 1.71 bits per heavy atom. The van der Waals surface area contributed by atoms with Crippen LogP contribution in [-0.4, -0.2) is 29.7 Å². The standard InChI is InChI=1S/C10H14F3NO3/c1-6(7(2)9(16)17)8(15)14-5-3-4-10(11,12)13/h3-5H2,1-2H3,(H,14,15)(H,16,17). The van der Waals surface area contributed by atoms with E-state index in [4.69, 9.17) is 5.11 Å². The summed E-state index contributed by atoms with van der Waals surface area (Å²) in [4.78, 5) is 21.8. The molecule has 0 unspecified atom stereocenters. The number of amides is 1. The molecule has 0 fully saturated rings. The predicted octanol–water partition coefficient (Wildman–Crippen LogP) is 1.87. The molecule has 0 saturated carbocycles. The van der Waals surface area contributed by atoms with E-state index < -0.39 is 24.5 Å². The molecule has 4 nitrogen and oxygen atoms in total. The van der Waals surface area contributed by atoms with Gasteiger partial charge in [0, 0.05) is 24.1 Å². The van der Waals surface area contributed by atoms with E-state index in [1.54, 1.807) is 0 Å². The Balaban J connectivity index is 4.13. The van der Waals surface area contributed by atoms with E-state index in [1.165, 1.54) is 13.8 Å². The Morgan fingerprint density at radius 1 is 1.18 bits per heavy atom. The molecule has 0 spiro atoms. The lowest BCUT2D eigenvalue weighted by Crippen LogP contribution is -2.27. The normalized spacial score (nSPS) is 13.0. The molecule has 0 aliphatic rings. The number of alkyl halides is 3. The van der Waals surface area contributed by atoms with Crippen molar-refractivity contribution in [1.82, 2.24) is 5.32 Å².